The van der Waals surface area contributed by atoms with E-state index in [0.29, 0.717) is 22.5 Å². The Balaban J connectivity index is 1.49. The van der Waals surface area contributed by atoms with E-state index in [0.717, 1.165) is 11.4 Å². The first-order valence-electron chi connectivity index (χ1n) is 9.76. The van der Waals surface area contributed by atoms with Gasteiger partial charge in [-0.25, -0.2) is 4.39 Å². The van der Waals surface area contributed by atoms with E-state index in [4.69, 9.17) is 11.6 Å². The molecular weight excluding hydrogens is 449 g/mol. The summed E-state index contributed by atoms with van der Waals surface area (Å²) in [5.74, 6) is -0.0650. The molecule has 4 aromatic rings. The summed E-state index contributed by atoms with van der Waals surface area (Å²) in [6.07, 6.45) is 0. The average molecular weight is 468 g/mol. The Labute approximate surface area is 193 Å². The van der Waals surface area contributed by atoms with Gasteiger partial charge in [-0.1, -0.05) is 53.7 Å². The molecule has 0 saturated carbocycles. The zero-order valence-electron chi connectivity index (χ0n) is 16.8. The second-order valence-corrected chi connectivity index (χ2v) is 8.13. The molecule has 1 heterocycles. The normalized spacial score (nSPS) is 10.7. The molecule has 9 heteroatoms. The molecule has 0 unspecified atom stereocenters. The molecule has 0 spiro atoms. The minimum atomic E-state index is -0.478. The van der Waals surface area contributed by atoms with Gasteiger partial charge in [0.2, 0.25) is 5.91 Å². The van der Waals surface area contributed by atoms with Crippen LogP contribution in [0.25, 0.3) is 5.69 Å². The van der Waals surface area contributed by atoms with Crippen molar-refractivity contribution >= 4 is 40.6 Å². The number of carbonyl (C=O) groups is 1. The van der Waals surface area contributed by atoms with E-state index in [-0.39, 0.29) is 17.3 Å². The van der Waals surface area contributed by atoms with Crippen molar-refractivity contribution in [3.8, 4) is 5.69 Å². The van der Waals surface area contributed by atoms with Crippen molar-refractivity contribution in [3.63, 3.8) is 0 Å². The number of hydrogen-bond donors (Lipinski definition) is 2. The maximum absolute atomic E-state index is 13.8. The summed E-state index contributed by atoms with van der Waals surface area (Å²) in [6, 6.07) is 23.1. The average Bonchev–Trinajstić information content (AvgIpc) is 3.22. The van der Waals surface area contributed by atoms with Crippen LogP contribution in [0.15, 0.2) is 84.0 Å². The smallest absolute Gasteiger partial charge is 0.234 e. The van der Waals surface area contributed by atoms with Crippen molar-refractivity contribution in [2.75, 3.05) is 16.4 Å². The van der Waals surface area contributed by atoms with Crippen LogP contribution in [0.4, 0.5) is 15.8 Å². The lowest BCUT2D eigenvalue weighted by Crippen LogP contribution is -2.15. The van der Waals surface area contributed by atoms with Gasteiger partial charge in [0, 0.05) is 16.4 Å². The van der Waals surface area contributed by atoms with Crippen LogP contribution in [0.1, 0.15) is 5.82 Å². The molecule has 0 aliphatic rings. The Hall–Kier alpha value is -3.36. The minimum Gasteiger partial charge on any atom is -0.378 e. The molecule has 0 saturated heterocycles. The number of benzene rings is 3. The molecule has 162 valence electrons. The van der Waals surface area contributed by atoms with Gasteiger partial charge in [-0.3, -0.25) is 9.36 Å². The lowest BCUT2D eigenvalue weighted by atomic mass is 10.3. The molecule has 1 aromatic heterocycles. The standard InChI is InChI=1S/C23H19ClFN5OS/c24-16-10-12-17(13-11-16)26-14-21-28-29-23(30(21)18-6-2-1-3-7-18)32-15-22(31)27-20-9-5-4-8-19(20)25/h1-13,26H,14-15H2,(H,27,31). The Morgan fingerprint density at radius 2 is 1.69 bits per heavy atom. The summed E-state index contributed by atoms with van der Waals surface area (Å²) in [4.78, 5) is 12.4. The Bertz CT molecular complexity index is 1200. The number of halogens is 2. The zero-order chi connectivity index (χ0) is 22.3. The molecule has 0 radical (unpaired) electrons. The number of aromatic nitrogens is 3. The molecule has 2 N–H and O–H groups in total. The molecule has 1 amide bonds. The van der Waals surface area contributed by atoms with Crippen LogP contribution in [0, 0.1) is 5.82 Å². The quantitative estimate of drug-likeness (QED) is 0.339. The van der Waals surface area contributed by atoms with Gasteiger partial charge in [-0.2, -0.15) is 0 Å². The van der Waals surface area contributed by atoms with Gasteiger partial charge in [0.15, 0.2) is 11.0 Å². The third kappa shape index (κ3) is 5.46. The molecule has 0 aliphatic carbocycles. The number of nitrogens with zero attached hydrogens (tertiary/aromatic N) is 3. The van der Waals surface area contributed by atoms with Crippen LogP contribution in [-0.4, -0.2) is 26.4 Å². The van der Waals surface area contributed by atoms with Gasteiger partial charge in [-0.05, 0) is 48.5 Å². The molecule has 0 aliphatic heterocycles. The van der Waals surface area contributed by atoms with Crippen molar-refractivity contribution in [2.45, 2.75) is 11.7 Å². The Morgan fingerprint density at radius 1 is 0.969 bits per heavy atom. The molecule has 0 atom stereocenters. The van der Waals surface area contributed by atoms with Gasteiger partial charge in [0.05, 0.1) is 18.0 Å². The molecule has 0 fully saturated rings. The Kier molecular flexibility index (Phi) is 7.03. The third-order valence-electron chi connectivity index (χ3n) is 4.49. The van der Waals surface area contributed by atoms with Crippen LogP contribution in [-0.2, 0) is 11.3 Å². The highest BCUT2D eigenvalue weighted by Crippen LogP contribution is 2.23. The molecule has 0 bridgehead atoms. The van der Waals surface area contributed by atoms with E-state index in [1.54, 1.807) is 24.3 Å². The fourth-order valence-corrected chi connectivity index (χ4v) is 3.87. The summed E-state index contributed by atoms with van der Waals surface area (Å²) in [5.41, 5.74) is 1.92. The van der Waals surface area contributed by atoms with E-state index in [1.165, 1.54) is 23.9 Å². The van der Waals surface area contributed by atoms with Gasteiger partial charge in [0.25, 0.3) is 0 Å². The topological polar surface area (TPSA) is 71.8 Å². The number of carbonyl (C=O) groups excluding carboxylic acids is 1. The van der Waals surface area contributed by atoms with Crippen LogP contribution >= 0.6 is 23.4 Å². The second kappa shape index (κ2) is 10.3. The Morgan fingerprint density at radius 3 is 2.44 bits per heavy atom. The summed E-state index contributed by atoms with van der Waals surface area (Å²) < 4.78 is 15.7. The number of amides is 1. The first kappa shape index (κ1) is 21.9. The molecule has 3 aromatic carbocycles. The summed E-state index contributed by atoms with van der Waals surface area (Å²) in [5, 5.41) is 15.7. The van der Waals surface area contributed by atoms with E-state index < -0.39 is 5.82 Å². The van der Waals surface area contributed by atoms with E-state index in [2.05, 4.69) is 20.8 Å². The summed E-state index contributed by atoms with van der Waals surface area (Å²) >= 11 is 7.18. The fraction of sp³-hybridized carbons (Fsp3) is 0.0870. The number of hydrogen-bond acceptors (Lipinski definition) is 5. The highest BCUT2D eigenvalue weighted by Gasteiger charge is 2.16. The predicted octanol–water partition coefficient (Wildman–Crippen LogP) is 5.40. The van der Waals surface area contributed by atoms with Crippen molar-refractivity contribution in [1.29, 1.82) is 0 Å². The first-order valence-corrected chi connectivity index (χ1v) is 11.1. The SMILES string of the molecule is O=C(CSc1nnc(CNc2ccc(Cl)cc2)n1-c1ccccc1)Nc1ccccc1F. The van der Waals surface area contributed by atoms with Gasteiger partial charge >= 0.3 is 0 Å². The molecule has 4 rings (SSSR count). The van der Waals surface area contributed by atoms with Crippen molar-refractivity contribution in [1.82, 2.24) is 14.8 Å². The third-order valence-corrected chi connectivity index (χ3v) is 5.67. The van der Waals surface area contributed by atoms with Gasteiger partial charge in [-0.15, -0.1) is 10.2 Å². The first-order chi connectivity index (χ1) is 15.6. The number of nitrogens with one attached hydrogen (secondary N) is 2. The molecule has 32 heavy (non-hydrogen) atoms. The second-order valence-electron chi connectivity index (χ2n) is 6.75. The van der Waals surface area contributed by atoms with Crippen LogP contribution in [0.5, 0.6) is 0 Å². The van der Waals surface area contributed by atoms with E-state index >= 15 is 0 Å². The number of rotatable bonds is 8. The van der Waals surface area contributed by atoms with Gasteiger partial charge in [0.1, 0.15) is 5.82 Å². The van der Waals surface area contributed by atoms with Crippen LogP contribution in [0.2, 0.25) is 5.02 Å². The molecular formula is C23H19ClFN5OS. The van der Waals surface area contributed by atoms with E-state index in [9.17, 15) is 9.18 Å². The lowest BCUT2D eigenvalue weighted by Gasteiger charge is -2.11. The maximum atomic E-state index is 13.8. The largest absolute Gasteiger partial charge is 0.378 e. The van der Waals surface area contributed by atoms with Crippen molar-refractivity contribution in [3.05, 3.63) is 95.5 Å². The van der Waals surface area contributed by atoms with Crippen molar-refractivity contribution < 1.29 is 9.18 Å². The lowest BCUT2D eigenvalue weighted by molar-refractivity contribution is -0.113. The maximum Gasteiger partial charge on any atom is 0.234 e. The number of para-hydroxylation sites is 2. The van der Waals surface area contributed by atoms with Crippen LogP contribution < -0.4 is 10.6 Å². The van der Waals surface area contributed by atoms with Crippen molar-refractivity contribution in [2.24, 2.45) is 0 Å². The summed E-state index contributed by atoms with van der Waals surface area (Å²) in [6.45, 7) is 0.422. The highest BCUT2D eigenvalue weighted by molar-refractivity contribution is 7.99. The predicted molar refractivity (Wildman–Crippen MR) is 126 cm³/mol. The fourth-order valence-electron chi connectivity index (χ4n) is 2.97. The monoisotopic (exact) mass is 467 g/mol. The van der Waals surface area contributed by atoms with Crippen LogP contribution in [0.3, 0.4) is 0 Å². The van der Waals surface area contributed by atoms with E-state index in [1.807, 2.05) is 47.0 Å². The molecule has 6 nitrogen and oxygen atoms in total. The summed E-state index contributed by atoms with van der Waals surface area (Å²) in [7, 11) is 0. The highest BCUT2D eigenvalue weighted by atomic mass is 35.5. The minimum absolute atomic E-state index is 0.0594. The number of anilines is 2. The zero-order valence-corrected chi connectivity index (χ0v) is 18.4. The van der Waals surface area contributed by atoms with Gasteiger partial charge < -0.3 is 10.6 Å². The number of thioether (sulfide) groups is 1.